The molecule has 1 saturated carbocycles. The highest BCUT2D eigenvalue weighted by atomic mass is 127. The van der Waals surface area contributed by atoms with Crippen molar-refractivity contribution in [3.63, 3.8) is 0 Å². The summed E-state index contributed by atoms with van der Waals surface area (Å²) in [5.74, 6) is -0.0795. The first-order valence-electron chi connectivity index (χ1n) is 10.5. The quantitative estimate of drug-likeness (QED) is 0.304. The molecule has 5 heteroatoms. The topological polar surface area (TPSA) is 29.1 Å². The maximum absolute atomic E-state index is 12.1. The Bertz CT molecular complexity index is 842. The molecule has 0 atom stereocenters. The van der Waals surface area contributed by atoms with Crippen molar-refractivity contribution in [1.82, 2.24) is 5.32 Å². The van der Waals surface area contributed by atoms with E-state index in [4.69, 9.17) is 0 Å². The van der Waals surface area contributed by atoms with E-state index in [1.54, 1.807) is 6.08 Å². The maximum atomic E-state index is 12.1. The number of amides is 1. The molecule has 0 bridgehead atoms. The Kier molecular flexibility index (Phi) is 10.0. The number of carbonyl (C=O) groups is 1. The van der Waals surface area contributed by atoms with Crippen LogP contribution in [0, 0.1) is 0 Å². The van der Waals surface area contributed by atoms with Crippen LogP contribution in [0.4, 0.5) is 0 Å². The lowest BCUT2D eigenvalue weighted by Gasteiger charge is -2.40. The number of rotatable bonds is 7. The number of quaternary nitrogens is 1. The number of benzene rings is 2. The zero-order chi connectivity index (χ0) is 20.7. The summed E-state index contributed by atoms with van der Waals surface area (Å²) < 4.78 is 2.07. The minimum absolute atomic E-state index is 0. The van der Waals surface area contributed by atoms with Crippen molar-refractivity contribution in [2.45, 2.75) is 51.2 Å². The summed E-state index contributed by atoms with van der Waals surface area (Å²) in [5.41, 5.74) is 3.49. The lowest BCUT2D eigenvalue weighted by molar-refractivity contribution is -0.929. The second kappa shape index (κ2) is 12.0. The third kappa shape index (κ3) is 7.82. The zero-order valence-corrected chi connectivity index (χ0v) is 21.7. The van der Waals surface area contributed by atoms with E-state index in [-0.39, 0.29) is 29.9 Å². The predicted octanol–water partition coefficient (Wildman–Crippen LogP) is 2.69. The van der Waals surface area contributed by atoms with Crippen molar-refractivity contribution in [2.24, 2.45) is 0 Å². The van der Waals surface area contributed by atoms with E-state index in [0.29, 0.717) is 6.54 Å². The predicted molar refractivity (Wildman–Crippen MR) is 124 cm³/mol. The van der Waals surface area contributed by atoms with E-state index in [9.17, 15) is 4.79 Å². The first-order chi connectivity index (χ1) is 13.9. The largest absolute Gasteiger partial charge is 1.00 e. The molecule has 162 valence electrons. The monoisotopic (exact) mass is 582 g/mol. The molecule has 1 aliphatic carbocycles. The van der Waals surface area contributed by atoms with E-state index in [1.165, 1.54) is 37.7 Å². The fraction of sp³-hybridized carbons (Fsp3) is 0.400. The normalized spacial score (nSPS) is 15.0. The van der Waals surface area contributed by atoms with Gasteiger partial charge in [-0.05, 0) is 55.0 Å². The number of carbonyl (C=O) groups excluding carboxylic acids is 1. The number of nitrogens with zero attached hydrogens (tertiary/aromatic N) is 1. The SMILES string of the molecule is C[N+](C)(Cc1ccc(CNC(=O)C=Cc2cccc(Br)c2)cc1)C1CCCCC1.[I-]. The van der Waals surface area contributed by atoms with Gasteiger partial charge in [-0.1, -0.05) is 58.7 Å². The molecule has 1 aliphatic rings. The van der Waals surface area contributed by atoms with Crippen molar-refractivity contribution in [2.75, 3.05) is 14.1 Å². The van der Waals surface area contributed by atoms with Crippen molar-refractivity contribution in [1.29, 1.82) is 0 Å². The summed E-state index contributed by atoms with van der Waals surface area (Å²) in [6.45, 7) is 1.61. The van der Waals surface area contributed by atoms with Gasteiger partial charge >= 0.3 is 0 Å². The van der Waals surface area contributed by atoms with Crippen molar-refractivity contribution >= 4 is 27.9 Å². The summed E-state index contributed by atoms with van der Waals surface area (Å²) in [6, 6.07) is 17.3. The van der Waals surface area contributed by atoms with Crippen LogP contribution in [0.25, 0.3) is 6.08 Å². The van der Waals surface area contributed by atoms with Gasteiger partial charge in [-0.2, -0.15) is 0 Å². The molecular formula is C25H32BrIN2O. The average Bonchev–Trinajstić information content (AvgIpc) is 2.72. The first kappa shape index (κ1) is 25.1. The minimum Gasteiger partial charge on any atom is -1.00 e. The molecule has 2 aromatic carbocycles. The van der Waals surface area contributed by atoms with Gasteiger partial charge in [-0.25, -0.2) is 0 Å². The van der Waals surface area contributed by atoms with E-state index in [1.807, 2.05) is 30.3 Å². The van der Waals surface area contributed by atoms with Crippen LogP contribution < -0.4 is 29.3 Å². The Morgan fingerprint density at radius 3 is 2.40 bits per heavy atom. The summed E-state index contributed by atoms with van der Waals surface area (Å²) >= 11 is 3.44. The van der Waals surface area contributed by atoms with Gasteiger partial charge in [-0.15, -0.1) is 0 Å². The van der Waals surface area contributed by atoms with Gasteiger partial charge in [0.2, 0.25) is 5.91 Å². The third-order valence-corrected chi connectivity index (χ3v) is 6.41. The standard InChI is InChI=1S/C25H31BrN2O.HI/c1-28(2,24-9-4-3-5-10-24)19-22-13-11-21(12-14-22)18-27-25(29)16-15-20-7-6-8-23(26)17-20;/h6-8,11-17,24H,3-5,9-10,18-19H2,1-2H3;1H. The van der Waals surface area contributed by atoms with Crippen LogP contribution in [-0.4, -0.2) is 30.5 Å². The second-order valence-electron chi connectivity index (χ2n) is 8.65. The van der Waals surface area contributed by atoms with Crippen molar-refractivity contribution in [3.8, 4) is 0 Å². The Hall–Kier alpha value is -1.18. The molecule has 30 heavy (non-hydrogen) atoms. The molecule has 0 aromatic heterocycles. The molecular weight excluding hydrogens is 551 g/mol. The molecule has 0 aliphatic heterocycles. The Labute approximate surface area is 206 Å². The second-order valence-corrected chi connectivity index (χ2v) is 9.57. The van der Waals surface area contributed by atoms with Crippen LogP contribution in [-0.2, 0) is 17.9 Å². The smallest absolute Gasteiger partial charge is 0.244 e. The summed E-state index contributed by atoms with van der Waals surface area (Å²) in [4.78, 5) is 12.1. The summed E-state index contributed by atoms with van der Waals surface area (Å²) in [6.07, 6.45) is 10.3. The lowest BCUT2D eigenvalue weighted by Crippen LogP contribution is -3.00. The van der Waals surface area contributed by atoms with Gasteiger partial charge in [0.1, 0.15) is 6.54 Å². The molecule has 0 spiro atoms. The Morgan fingerprint density at radius 1 is 1.07 bits per heavy atom. The van der Waals surface area contributed by atoms with Crippen molar-refractivity contribution < 1.29 is 33.3 Å². The molecule has 1 amide bonds. The minimum atomic E-state index is -0.0795. The van der Waals surface area contributed by atoms with E-state index in [2.05, 4.69) is 59.6 Å². The average molecular weight is 583 g/mol. The van der Waals surface area contributed by atoms with E-state index < -0.39 is 0 Å². The van der Waals surface area contributed by atoms with Gasteiger partial charge in [0.15, 0.2) is 0 Å². The van der Waals surface area contributed by atoms with Crippen molar-refractivity contribution in [3.05, 3.63) is 75.8 Å². The Morgan fingerprint density at radius 2 is 1.73 bits per heavy atom. The van der Waals surface area contributed by atoms with Gasteiger partial charge in [0.05, 0.1) is 20.1 Å². The zero-order valence-electron chi connectivity index (χ0n) is 17.9. The summed E-state index contributed by atoms with van der Waals surface area (Å²) in [7, 11) is 4.73. The van der Waals surface area contributed by atoms with Gasteiger partial charge in [-0.3, -0.25) is 4.79 Å². The maximum Gasteiger partial charge on any atom is 0.244 e. The molecule has 1 N–H and O–H groups in total. The van der Waals surface area contributed by atoms with E-state index >= 15 is 0 Å². The summed E-state index contributed by atoms with van der Waals surface area (Å²) in [5, 5.41) is 2.96. The molecule has 0 heterocycles. The van der Waals surface area contributed by atoms with Crippen LogP contribution in [0.1, 0.15) is 48.8 Å². The van der Waals surface area contributed by atoms with Gasteiger partial charge in [0, 0.05) is 22.7 Å². The van der Waals surface area contributed by atoms with Crippen LogP contribution >= 0.6 is 15.9 Å². The highest BCUT2D eigenvalue weighted by Crippen LogP contribution is 2.27. The number of hydrogen-bond donors (Lipinski definition) is 1. The molecule has 3 rings (SSSR count). The molecule has 2 aromatic rings. The van der Waals surface area contributed by atoms with Gasteiger partial charge in [0.25, 0.3) is 0 Å². The molecule has 0 saturated heterocycles. The molecule has 3 nitrogen and oxygen atoms in total. The highest BCUT2D eigenvalue weighted by Gasteiger charge is 2.29. The first-order valence-corrected chi connectivity index (χ1v) is 11.3. The van der Waals surface area contributed by atoms with Crippen LogP contribution in [0.3, 0.4) is 0 Å². The molecule has 1 fully saturated rings. The van der Waals surface area contributed by atoms with Crippen LogP contribution in [0.2, 0.25) is 0 Å². The van der Waals surface area contributed by atoms with E-state index in [0.717, 1.165) is 32.7 Å². The third-order valence-electron chi connectivity index (χ3n) is 5.92. The fourth-order valence-electron chi connectivity index (χ4n) is 4.17. The number of hydrogen-bond acceptors (Lipinski definition) is 1. The van der Waals surface area contributed by atoms with Crippen LogP contribution in [0.15, 0.2) is 59.1 Å². The number of nitrogens with one attached hydrogen (secondary N) is 1. The molecule has 0 unspecified atom stereocenters. The highest BCUT2D eigenvalue weighted by molar-refractivity contribution is 9.10. The number of halogens is 2. The molecule has 0 radical (unpaired) electrons. The van der Waals surface area contributed by atoms with Crippen LogP contribution in [0.5, 0.6) is 0 Å². The fourth-order valence-corrected chi connectivity index (χ4v) is 4.59. The Balaban J connectivity index is 0.00000320. The van der Waals surface area contributed by atoms with Gasteiger partial charge < -0.3 is 33.8 Å². The lowest BCUT2D eigenvalue weighted by atomic mass is 9.92.